The number of urea groups is 1. The van der Waals surface area contributed by atoms with E-state index in [1.165, 1.54) is 17.7 Å². The smallest absolute Gasteiger partial charge is 0.321 e. The fourth-order valence-corrected chi connectivity index (χ4v) is 7.04. The number of nitrogens with one attached hydrogen (secondary N) is 1. The lowest BCUT2D eigenvalue weighted by atomic mass is 9.79. The normalized spacial score (nSPS) is 25.5. The van der Waals surface area contributed by atoms with E-state index in [0.29, 0.717) is 29.0 Å². The van der Waals surface area contributed by atoms with E-state index in [9.17, 15) is 14.4 Å². The number of amides is 2. The van der Waals surface area contributed by atoms with Crippen LogP contribution in [0.2, 0.25) is 5.02 Å². The fraction of sp³-hybridized carbons (Fsp3) is 0.548. The number of piperidine rings is 1. The van der Waals surface area contributed by atoms with Gasteiger partial charge >= 0.3 is 6.03 Å². The first-order valence-electron chi connectivity index (χ1n) is 14.0. The van der Waals surface area contributed by atoms with E-state index in [-0.39, 0.29) is 22.5 Å². The number of anilines is 1. The Morgan fingerprint density at radius 2 is 2.03 bits per heavy atom. The van der Waals surface area contributed by atoms with Crippen molar-refractivity contribution in [2.24, 2.45) is 17.8 Å². The Kier molecular flexibility index (Phi) is 7.98. The molecule has 2 amide bonds. The van der Waals surface area contributed by atoms with Crippen molar-refractivity contribution in [1.82, 2.24) is 9.80 Å². The van der Waals surface area contributed by atoms with Crippen LogP contribution in [0.4, 0.5) is 14.9 Å². The van der Waals surface area contributed by atoms with Gasteiger partial charge in [-0.3, -0.25) is 0 Å². The molecule has 1 heterocycles. The Hall–Kier alpha value is -2.62. The number of rotatable bonds is 7. The molecule has 2 aliphatic carbocycles. The maximum Gasteiger partial charge on any atom is 0.322 e. The summed E-state index contributed by atoms with van der Waals surface area (Å²) in [6, 6.07) is 14.7. The minimum atomic E-state index is -0.493. The summed E-state index contributed by atoms with van der Waals surface area (Å²) in [5, 5.41) is 12.4. The molecule has 1 N–H and O–H groups in total. The maximum absolute atomic E-state index is 13.7. The monoisotopic (exact) mass is 536 g/mol. The van der Waals surface area contributed by atoms with Gasteiger partial charge in [0.1, 0.15) is 5.82 Å². The zero-order valence-electron chi connectivity index (χ0n) is 22.4. The molecule has 3 aliphatic rings. The average molecular weight is 537 g/mol. The van der Waals surface area contributed by atoms with Gasteiger partial charge in [-0.25, -0.2) is 9.18 Å². The second-order valence-corrected chi connectivity index (χ2v) is 12.4. The molecular weight excluding hydrogens is 499 g/mol. The highest BCUT2D eigenvalue weighted by atomic mass is 35.5. The number of benzene rings is 2. The minimum absolute atomic E-state index is 0.00639. The van der Waals surface area contributed by atoms with Crippen LogP contribution < -0.4 is 5.32 Å². The Balaban J connectivity index is 1.29. The maximum atomic E-state index is 13.7. The van der Waals surface area contributed by atoms with Gasteiger partial charge in [0.25, 0.3) is 0 Å². The predicted octanol–water partition coefficient (Wildman–Crippen LogP) is 7.06. The predicted molar refractivity (Wildman–Crippen MR) is 150 cm³/mol. The molecule has 0 bridgehead atoms. The summed E-state index contributed by atoms with van der Waals surface area (Å²) in [6.07, 6.45) is 6.25. The summed E-state index contributed by atoms with van der Waals surface area (Å²) in [7, 11) is 0. The van der Waals surface area contributed by atoms with Crippen LogP contribution in [0.1, 0.15) is 63.5 Å². The van der Waals surface area contributed by atoms with Crippen LogP contribution in [0.25, 0.3) is 0 Å². The van der Waals surface area contributed by atoms with Gasteiger partial charge in [0, 0.05) is 24.8 Å². The average Bonchev–Trinajstić information content (AvgIpc) is 3.65. The quantitative estimate of drug-likeness (QED) is 0.412. The standard InChI is InChI=1S/C31H38ClFN4O/c1-21(2)19-36-12-9-22(10-13-36)20-37(30(38)35-26-6-7-29(33)28(32)16-26)27-8-11-31(17-25(31)15-27)24-5-3-4-23(14-24)18-34/h3-7,14,16,21-22,25,27H,8-13,15,17,19-20H2,1-2H3,(H,35,38). The van der Waals surface area contributed by atoms with Crippen LogP contribution >= 0.6 is 11.6 Å². The van der Waals surface area contributed by atoms with Gasteiger partial charge < -0.3 is 15.1 Å². The minimum Gasteiger partial charge on any atom is -0.321 e. The first kappa shape index (κ1) is 27.0. The Morgan fingerprint density at radius 1 is 1.24 bits per heavy atom. The second-order valence-electron chi connectivity index (χ2n) is 12.0. The third-order valence-electron chi connectivity index (χ3n) is 8.94. The topological polar surface area (TPSA) is 59.4 Å². The summed E-state index contributed by atoms with van der Waals surface area (Å²) in [5.41, 5.74) is 2.66. The molecule has 2 aromatic rings. The molecular formula is C31H38ClFN4O. The van der Waals surface area contributed by atoms with Crippen molar-refractivity contribution in [3.05, 3.63) is 64.4 Å². The van der Waals surface area contributed by atoms with E-state index in [4.69, 9.17) is 11.6 Å². The summed E-state index contributed by atoms with van der Waals surface area (Å²) in [6.45, 7) is 8.55. The molecule has 3 atom stereocenters. The van der Waals surface area contributed by atoms with Crippen LogP contribution in [0, 0.1) is 34.9 Å². The molecule has 3 unspecified atom stereocenters. The third kappa shape index (κ3) is 5.84. The Labute approximate surface area is 230 Å². The summed E-state index contributed by atoms with van der Waals surface area (Å²) >= 11 is 5.99. The Bertz CT molecular complexity index is 1200. The van der Waals surface area contributed by atoms with E-state index < -0.39 is 5.82 Å². The number of halogens is 2. The Morgan fingerprint density at radius 3 is 2.71 bits per heavy atom. The van der Waals surface area contributed by atoms with Crippen LogP contribution in [0.5, 0.6) is 0 Å². The van der Waals surface area contributed by atoms with E-state index in [1.807, 2.05) is 18.2 Å². The van der Waals surface area contributed by atoms with Crippen molar-refractivity contribution in [2.75, 3.05) is 31.5 Å². The van der Waals surface area contributed by atoms with Gasteiger partial charge in [0.2, 0.25) is 0 Å². The number of nitrogens with zero attached hydrogens (tertiary/aromatic N) is 3. The number of fused-ring (bicyclic) bond motifs is 1. The SMILES string of the molecule is CC(C)CN1CCC(CN(C(=O)Nc2ccc(F)c(Cl)c2)C2CCC3(c4cccc(C#N)c4)CC3C2)CC1. The molecule has 0 aromatic heterocycles. The molecule has 0 spiro atoms. The van der Waals surface area contributed by atoms with Gasteiger partial charge in [0.05, 0.1) is 16.7 Å². The molecule has 3 fully saturated rings. The first-order valence-corrected chi connectivity index (χ1v) is 14.4. The molecule has 7 heteroatoms. The highest BCUT2D eigenvalue weighted by Crippen LogP contribution is 2.63. The molecule has 2 aromatic carbocycles. The molecule has 38 heavy (non-hydrogen) atoms. The van der Waals surface area contributed by atoms with Crippen molar-refractivity contribution in [1.29, 1.82) is 5.26 Å². The molecule has 2 saturated carbocycles. The number of carbonyl (C=O) groups excluding carboxylic acids is 1. The molecule has 1 aliphatic heterocycles. The fourth-order valence-electron chi connectivity index (χ4n) is 6.86. The molecule has 0 radical (unpaired) electrons. The second kappa shape index (κ2) is 11.2. The van der Waals surface area contributed by atoms with Gasteiger partial charge in [-0.1, -0.05) is 37.6 Å². The van der Waals surface area contributed by atoms with Crippen molar-refractivity contribution in [2.45, 2.75) is 63.8 Å². The van der Waals surface area contributed by atoms with E-state index >= 15 is 0 Å². The first-order chi connectivity index (χ1) is 18.3. The highest BCUT2D eigenvalue weighted by molar-refractivity contribution is 6.31. The van der Waals surface area contributed by atoms with Crippen molar-refractivity contribution in [3.8, 4) is 6.07 Å². The third-order valence-corrected chi connectivity index (χ3v) is 9.23. The lowest BCUT2D eigenvalue weighted by Gasteiger charge is -2.40. The largest absolute Gasteiger partial charge is 0.322 e. The number of likely N-dealkylation sites (tertiary alicyclic amines) is 1. The molecule has 1 saturated heterocycles. The highest BCUT2D eigenvalue weighted by Gasteiger charge is 2.58. The zero-order chi connectivity index (χ0) is 26.9. The van der Waals surface area contributed by atoms with Crippen molar-refractivity contribution in [3.63, 3.8) is 0 Å². The van der Waals surface area contributed by atoms with Crippen molar-refractivity contribution < 1.29 is 9.18 Å². The van der Waals surface area contributed by atoms with E-state index in [1.54, 1.807) is 6.07 Å². The number of hydrogen-bond acceptors (Lipinski definition) is 3. The van der Waals surface area contributed by atoms with Crippen LogP contribution in [-0.2, 0) is 5.41 Å². The van der Waals surface area contributed by atoms with Gasteiger partial charge in [0.15, 0.2) is 0 Å². The lowest BCUT2D eigenvalue weighted by Crippen LogP contribution is -2.49. The van der Waals surface area contributed by atoms with Crippen LogP contribution in [0.15, 0.2) is 42.5 Å². The van der Waals surface area contributed by atoms with Gasteiger partial charge in [-0.15, -0.1) is 0 Å². The van der Waals surface area contributed by atoms with Crippen LogP contribution in [-0.4, -0.2) is 48.1 Å². The van der Waals surface area contributed by atoms with E-state index in [2.05, 4.69) is 41.1 Å². The molecule has 202 valence electrons. The lowest BCUT2D eigenvalue weighted by molar-refractivity contribution is 0.113. The summed E-state index contributed by atoms with van der Waals surface area (Å²) in [5.74, 6) is 1.16. The number of hydrogen-bond donors (Lipinski definition) is 1. The number of carbonyl (C=O) groups is 1. The van der Waals surface area contributed by atoms with Gasteiger partial charge in [-0.2, -0.15) is 5.26 Å². The summed E-state index contributed by atoms with van der Waals surface area (Å²) < 4.78 is 13.7. The van der Waals surface area contributed by atoms with Crippen molar-refractivity contribution >= 4 is 23.3 Å². The van der Waals surface area contributed by atoms with E-state index in [0.717, 1.165) is 64.7 Å². The van der Waals surface area contributed by atoms with Crippen LogP contribution in [0.3, 0.4) is 0 Å². The zero-order valence-corrected chi connectivity index (χ0v) is 23.2. The number of nitriles is 1. The molecule has 5 rings (SSSR count). The molecule has 5 nitrogen and oxygen atoms in total. The van der Waals surface area contributed by atoms with Gasteiger partial charge in [-0.05, 0) is 111 Å². The summed E-state index contributed by atoms with van der Waals surface area (Å²) in [4.78, 5) is 18.3.